The first-order valence-electron chi connectivity index (χ1n) is 11.1. The molecular weight excluding hydrogens is 455 g/mol. The Kier molecular flexibility index (Phi) is 4.96. The molecule has 1 unspecified atom stereocenters. The van der Waals surface area contributed by atoms with Gasteiger partial charge in [0, 0.05) is 48.1 Å². The average Bonchev–Trinajstić information content (AvgIpc) is 3.60. The van der Waals surface area contributed by atoms with E-state index in [-0.39, 0.29) is 5.56 Å². The van der Waals surface area contributed by atoms with Gasteiger partial charge in [-0.3, -0.25) is 4.98 Å². The maximum absolute atomic E-state index is 15.8. The molecule has 1 atom stereocenters. The van der Waals surface area contributed by atoms with Crippen LogP contribution in [-0.2, 0) is 4.74 Å². The fourth-order valence-electron chi connectivity index (χ4n) is 4.65. The van der Waals surface area contributed by atoms with E-state index in [4.69, 9.17) is 10.5 Å². The highest BCUT2D eigenvalue weighted by molar-refractivity contribution is 6.02. The van der Waals surface area contributed by atoms with Crippen molar-refractivity contribution < 1.29 is 17.9 Å². The third-order valence-corrected chi connectivity index (χ3v) is 6.42. The van der Waals surface area contributed by atoms with Gasteiger partial charge in [-0.05, 0) is 42.0 Å². The van der Waals surface area contributed by atoms with Gasteiger partial charge in [0.15, 0.2) is 0 Å². The molecule has 0 bridgehead atoms. The van der Waals surface area contributed by atoms with Crippen molar-refractivity contribution in [2.75, 3.05) is 12.8 Å². The molecule has 3 aromatic heterocycles. The van der Waals surface area contributed by atoms with Gasteiger partial charge in [0.25, 0.3) is 0 Å². The lowest BCUT2D eigenvalue weighted by molar-refractivity contribution is 0.132. The molecule has 176 valence electrons. The molecule has 0 aliphatic heterocycles. The number of benzene rings is 2. The van der Waals surface area contributed by atoms with Crippen LogP contribution in [0.4, 0.5) is 19.0 Å². The van der Waals surface area contributed by atoms with Crippen molar-refractivity contribution >= 4 is 27.6 Å². The van der Waals surface area contributed by atoms with Crippen molar-refractivity contribution in [3.63, 3.8) is 0 Å². The molecule has 1 aliphatic carbocycles. The van der Waals surface area contributed by atoms with Gasteiger partial charge in [-0.1, -0.05) is 12.1 Å². The molecule has 1 saturated carbocycles. The summed E-state index contributed by atoms with van der Waals surface area (Å²) in [6.45, 7) is 0. The number of methoxy groups -OCH3 is 1. The van der Waals surface area contributed by atoms with E-state index < -0.39 is 23.6 Å². The number of hydrogen-bond acceptors (Lipinski definition) is 5. The number of rotatable bonds is 5. The number of nitrogens with zero attached hydrogens (tertiary/aromatic N) is 4. The number of ether oxygens (including phenoxy) is 1. The smallest absolute Gasteiger partial charge is 0.146 e. The largest absolute Gasteiger partial charge is 0.383 e. The van der Waals surface area contributed by atoms with Crippen LogP contribution in [0.25, 0.3) is 32.9 Å². The molecule has 35 heavy (non-hydrogen) atoms. The lowest BCUT2D eigenvalue weighted by Crippen LogP contribution is -2.07. The average molecular weight is 475 g/mol. The minimum absolute atomic E-state index is 0.275. The number of nitrogens with two attached hydrogens (primary N) is 1. The maximum atomic E-state index is 15.8. The van der Waals surface area contributed by atoms with Crippen LogP contribution in [0.1, 0.15) is 36.2 Å². The summed E-state index contributed by atoms with van der Waals surface area (Å²) in [5, 5.41) is 1.49. The van der Waals surface area contributed by atoms with Crippen LogP contribution in [0.15, 0.2) is 55.1 Å². The Morgan fingerprint density at radius 1 is 1.00 bits per heavy atom. The number of pyridine rings is 1. The van der Waals surface area contributed by atoms with Crippen LogP contribution in [-0.4, -0.2) is 26.6 Å². The highest BCUT2D eigenvalue weighted by Gasteiger charge is 2.28. The molecule has 0 spiro atoms. The van der Waals surface area contributed by atoms with E-state index in [9.17, 15) is 8.78 Å². The summed E-state index contributed by atoms with van der Waals surface area (Å²) in [6.07, 6.45) is 5.97. The van der Waals surface area contributed by atoms with Crippen LogP contribution in [0.5, 0.6) is 0 Å². The van der Waals surface area contributed by atoms with E-state index in [1.807, 2.05) is 10.8 Å². The Labute approximate surface area is 198 Å². The molecule has 0 saturated heterocycles. The lowest BCUT2D eigenvalue weighted by Gasteiger charge is -2.16. The van der Waals surface area contributed by atoms with Crippen LogP contribution < -0.4 is 5.73 Å². The van der Waals surface area contributed by atoms with Crippen LogP contribution in [0, 0.1) is 17.5 Å². The lowest BCUT2D eigenvalue weighted by atomic mass is 9.99. The van der Waals surface area contributed by atoms with Crippen molar-refractivity contribution in [1.82, 2.24) is 19.5 Å². The predicted octanol–water partition coefficient (Wildman–Crippen LogP) is 5.72. The zero-order valence-corrected chi connectivity index (χ0v) is 18.7. The van der Waals surface area contributed by atoms with Crippen LogP contribution in [0.3, 0.4) is 0 Å². The quantitative estimate of drug-likeness (QED) is 0.352. The van der Waals surface area contributed by atoms with Crippen molar-refractivity contribution in [1.29, 1.82) is 0 Å². The van der Waals surface area contributed by atoms with Gasteiger partial charge in [0.05, 0.1) is 11.1 Å². The zero-order chi connectivity index (χ0) is 24.3. The molecular formula is C26H20F3N5O. The molecule has 0 radical (unpaired) electrons. The Morgan fingerprint density at radius 3 is 2.49 bits per heavy atom. The first kappa shape index (κ1) is 21.5. The van der Waals surface area contributed by atoms with E-state index in [1.165, 1.54) is 31.8 Å². The van der Waals surface area contributed by atoms with E-state index in [0.29, 0.717) is 50.5 Å². The molecule has 1 aliphatic rings. The Balaban J connectivity index is 1.47. The van der Waals surface area contributed by atoms with Gasteiger partial charge < -0.3 is 15.0 Å². The van der Waals surface area contributed by atoms with E-state index in [2.05, 4.69) is 15.0 Å². The summed E-state index contributed by atoms with van der Waals surface area (Å²) in [6, 6.07) is 8.61. The minimum atomic E-state index is -0.819. The van der Waals surface area contributed by atoms with Gasteiger partial charge in [-0.2, -0.15) is 0 Å². The van der Waals surface area contributed by atoms with E-state index >= 15 is 4.39 Å². The molecule has 6 rings (SSSR count). The zero-order valence-electron chi connectivity index (χ0n) is 18.7. The highest BCUT2D eigenvalue weighted by Crippen LogP contribution is 2.43. The normalized spacial score (nSPS) is 14.6. The number of aromatic nitrogens is 4. The van der Waals surface area contributed by atoms with Gasteiger partial charge in [0.2, 0.25) is 0 Å². The molecule has 2 aromatic carbocycles. The van der Waals surface area contributed by atoms with Gasteiger partial charge in [-0.25, -0.2) is 23.1 Å². The number of fused-ring (bicyclic) bond motifs is 2. The SMILES string of the molecule is COC(c1cc(F)cc(F)c1)c1cc2ccc(-c3cn(C4CC4)c4ncnc(N)c34)c(F)c2cn1. The monoisotopic (exact) mass is 475 g/mol. The number of anilines is 1. The summed E-state index contributed by atoms with van der Waals surface area (Å²) >= 11 is 0. The topological polar surface area (TPSA) is 78.8 Å². The third kappa shape index (κ3) is 3.59. The van der Waals surface area contributed by atoms with Crippen molar-refractivity contribution in [3.05, 3.63) is 83.8 Å². The predicted molar refractivity (Wildman–Crippen MR) is 126 cm³/mol. The molecule has 0 amide bonds. The molecule has 2 N–H and O–H groups in total. The van der Waals surface area contributed by atoms with Crippen molar-refractivity contribution in [3.8, 4) is 11.1 Å². The summed E-state index contributed by atoms with van der Waals surface area (Å²) in [5.41, 5.74) is 8.53. The van der Waals surface area contributed by atoms with Gasteiger partial charge >= 0.3 is 0 Å². The molecule has 6 nitrogen and oxygen atoms in total. The van der Waals surface area contributed by atoms with Crippen LogP contribution >= 0.6 is 0 Å². The first-order chi connectivity index (χ1) is 16.9. The highest BCUT2D eigenvalue weighted by atomic mass is 19.1. The molecule has 9 heteroatoms. The molecule has 1 fully saturated rings. The number of nitrogen functional groups attached to an aromatic ring is 1. The second-order valence-corrected chi connectivity index (χ2v) is 8.71. The Hall–Kier alpha value is -3.98. The van der Waals surface area contributed by atoms with Gasteiger partial charge in [-0.15, -0.1) is 0 Å². The minimum Gasteiger partial charge on any atom is -0.383 e. The van der Waals surface area contributed by atoms with Crippen molar-refractivity contribution in [2.24, 2.45) is 0 Å². The summed E-state index contributed by atoms with van der Waals surface area (Å²) in [4.78, 5) is 12.9. The standard InChI is InChI=1S/C26H20F3N5O/c1-35-24(14-6-15(27)9-16(28)7-14)21-8-13-2-5-18(23(29)19(13)10-31-21)20-11-34(17-3-4-17)26-22(20)25(30)32-12-33-26/h2,5-12,17,24H,3-4H2,1H3,(H2,30,32,33). The van der Waals surface area contributed by atoms with Gasteiger partial charge in [0.1, 0.15) is 41.3 Å². The Morgan fingerprint density at radius 2 is 1.77 bits per heavy atom. The van der Waals surface area contributed by atoms with E-state index in [0.717, 1.165) is 18.9 Å². The third-order valence-electron chi connectivity index (χ3n) is 6.42. The second kappa shape index (κ2) is 8.06. The number of hydrogen-bond donors (Lipinski definition) is 1. The Bertz CT molecular complexity index is 1590. The fourth-order valence-corrected chi connectivity index (χ4v) is 4.65. The van der Waals surface area contributed by atoms with Crippen molar-refractivity contribution in [2.45, 2.75) is 25.0 Å². The summed E-state index contributed by atoms with van der Waals surface area (Å²) in [7, 11) is 1.42. The maximum Gasteiger partial charge on any atom is 0.146 e. The summed E-state index contributed by atoms with van der Waals surface area (Å²) < 4.78 is 50.9. The summed E-state index contributed by atoms with van der Waals surface area (Å²) in [5.74, 6) is -1.59. The first-order valence-corrected chi connectivity index (χ1v) is 11.1. The van der Waals surface area contributed by atoms with E-state index in [1.54, 1.807) is 18.2 Å². The second-order valence-electron chi connectivity index (χ2n) is 8.71. The molecule has 3 heterocycles. The molecule has 5 aromatic rings. The fraction of sp³-hybridized carbons (Fsp3) is 0.192. The number of halogens is 3. The van der Waals surface area contributed by atoms with Crippen LogP contribution in [0.2, 0.25) is 0 Å².